The van der Waals surface area contributed by atoms with Crippen molar-refractivity contribution in [1.29, 1.82) is 0 Å². The summed E-state index contributed by atoms with van der Waals surface area (Å²) in [7, 11) is 0. The molecular weight excluding hydrogens is 1020 g/mol. The van der Waals surface area contributed by atoms with E-state index in [9.17, 15) is 59.3 Å². The highest BCUT2D eigenvalue weighted by Gasteiger charge is 2.39. The molecule has 5 aromatic heterocycles. The van der Waals surface area contributed by atoms with Crippen molar-refractivity contribution in [1.82, 2.24) is 44.5 Å². The van der Waals surface area contributed by atoms with E-state index in [1.165, 1.54) is 23.1 Å². The molecule has 408 valence electrons. The molecule has 0 radical (unpaired) electrons. The number of imide groups is 1. The Morgan fingerprint density at radius 3 is 1.63 bits per heavy atom. The van der Waals surface area contributed by atoms with Gasteiger partial charge in [-0.15, -0.1) is 10.2 Å². The molecule has 20 nitrogen and oxygen atoms in total. The average Bonchev–Trinajstić information content (AvgIpc) is 3.78. The van der Waals surface area contributed by atoms with E-state index >= 15 is 0 Å². The summed E-state index contributed by atoms with van der Waals surface area (Å²) in [4.78, 5) is 56.3. The maximum atomic E-state index is 13.4. The number of aldehydes is 1. The summed E-state index contributed by atoms with van der Waals surface area (Å²) < 4.78 is 135. The Morgan fingerprint density at radius 2 is 1.16 bits per heavy atom. The number of rotatable bonds is 9. The zero-order valence-electron chi connectivity index (χ0n) is 40.0. The average molecular weight is 1070 g/mol. The number of aliphatic hydroxyl groups excluding tert-OH is 2. The van der Waals surface area contributed by atoms with Crippen LogP contribution in [0.4, 0.5) is 60.7 Å². The van der Waals surface area contributed by atoms with Crippen LogP contribution in [0.25, 0.3) is 22.1 Å². The van der Waals surface area contributed by atoms with E-state index in [0.717, 1.165) is 36.8 Å². The SMILES string of the molecule is C.CC(C)(C)OC(=O)N(C(=O)OC(C)(C)C)c1ncnc2c1c(Oc1cccc(C(F)(F)F)c1)nn2CC1CC(O)C1.Nc1ncnc2c1c(Oc1cc(C(F)(F)F)ccn1)nn2CC1CC(O)C1.O=CC(F)(F)F. The first kappa shape index (κ1) is 58.5. The molecule has 29 heteroatoms. The highest BCUT2D eigenvalue weighted by atomic mass is 19.4. The lowest BCUT2D eigenvalue weighted by Gasteiger charge is -2.31. The second-order valence-electron chi connectivity index (χ2n) is 18.9. The molecule has 0 unspecified atom stereocenters. The number of anilines is 2. The van der Waals surface area contributed by atoms with Gasteiger partial charge >= 0.3 is 30.7 Å². The van der Waals surface area contributed by atoms with Crippen LogP contribution in [0.2, 0.25) is 0 Å². The molecule has 6 aromatic rings. The number of ether oxygens (including phenoxy) is 4. The van der Waals surface area contributed by atoms with Crippen molar-refractivity contribution >= 4 is 52.2 Å². The molecule has 2 aliphatic carbocycles. The maximum absolute atomic E-state index is 13.4. The number of amides is 2. The molecule has 0 atom stereocenters. The van der Waals surface area contributed by atoms with Gasteiger partial charge in [0.1, 0.15) is 46.2 Å². The fourth-order valence-corrected chi connectivity index (χ4v) is 7.16. The van der Waals surface area contributed by atoms with Gasteiger partial charge in [-0.1, -0.05) is 13.5 Å². The standard InChI is InChI=1S/C27H32F3N5O6.C16H15F3N6O2.C2HF3O.CH4/c1-25(2,3)40-23(37)35(24(38)41-26(4,5)6)21-19-20(31-14-32-21)34(13-15-10-17(36)11-15)33-22(19)39-18-9-7-8-16(12-18)27(28,29)30;17-16(18,19)9-1-2-21-11(5-9)27-15-12-13(20)22-7-23-14(12)25(24-15)6-8-3-10(26)4-8;3-2(4,5)1-6;/h7-9,12,14-15,17,36H,10-11,13H2,1-6H3;1-2,5,7-8,10,26H,3-4,6H2,(H2,20,22,23);1H;1H4. The second-order valence-corrected chi connectivity index (χ2v) is 18.9. The van der Waals surface area contributed by atoms with Crippen LogP contribution in [0.5, 0.6) is 23.4 Å². The van der Waals surface area contributed by atoms with Crippen molar-refractivity contribution in [2.45, 2.75) is 130 Å². The first-order chi connectivity index (χ1) is 34.3. The minimum absolute atomic E-state index is 0. The molecule has 4 N–H and O–H groups in total. The van der Waals surface area contributed by atoms with E-state index < -0.39 is 65.4 Å². The molecule has 2 aliphatic rings. The number of hydrogen-bond donors (Lipinski definition) is 3. The van der Waals surface area contributed by atoms with E-state index in [-0.39, 0.29) is 78.0 Å². The lowest BCUT2D eigenvalue weighted by atomic mass is 9.82. The highest BCUT2D eigenvalue weighted by molar-refractivity contribution is 6.14. The predicted octanol–water partition coefficient (Wildman–Crippen LogP) is 9.85. The number of alkyl halides is 9. The topological polar surface area (TPSA) is 258 Å². The van der Waals surface area contributed by atoms with Crippen LogP contribution < -0.4 is 20.1 Å². The molecule has 75 heavy (non-hydrogen) atoms. The van der Waals surface area contributed by atoms with Gasteiger partial charge in [-0.25, -0.2) is 43.9 Å². The number of carbonyl (C=O) groups excluding carboxylic acids is 3. The lowest BCUT2D eigenvalue weighted by Crippen LogP contribution is -2.44. The number of nitrogen functional groups attached to an aromatic ring is 1. The summed E-state index contributed by atoms with van der Waals surface area (Å²) in [5, 5.41) is 28.2. The van der Waals surface area contributed by atoms with Crippen molar-refractivity contribution in [2.75, 3.05) is 10.6 Å². The molecule has 2 fully saturated rings. The van der Waals surface area contributed by atoms with Gasteiger partial charge in [0, 0.05) is 25.4 Å². The summed E-state index contributed by atoms with van der Waals surface area (Å²) in [6, 6.07) is 5.82. The van der Waals surface area contributed by atoms with Crippen LogP contribution >= 0.6 is 0 Å². The van der Waals surface area contributed by atoms with Gasteiger partial charge in [0.25, 0.3) is 11.8 Å². The molecule has 0 saturated heterocycles. The minimum atomic E-state index is -4.64. The number of nitrogens with two attached hydrogens (primary N) is 1. The Bertz CT molecular complexity index is 2930. The largest absolute Gasteiger partial charge is 0.446 e. The maximum Gasteiger partial charge on any atom is 0.446 e. The van der Waals surface area contributed by atoms with E-state index in [1.807, 2.05) is 0 Å². The zero-order valence-corrected chi connectivity index (χ0v) is 40.0. The van der Waals surface area contributed by atoms with Gasteiger partial charge in [-0.2, -0.15) is 44.4 Å². The van der Waals surface area contributed by atoms with Crippen LogP contribution in [0.15, 0.2) is 55.2 Å². The van der Waals surface area contributed by atoms with Crippen molar-refractivity contribution in [2.24, 2.45) is 11.8 Å². The first-order valence-corrected chi connectivity index (χ1v) is 22.2. The summed E-state index contributed by atoms with van der Waals surface area (Å²) >= 11 is 0. The van der Waals surface area contributed by atoms with Crippen molar-refractivity contribution in [3.63, 3.8) is 0 Å². The number of halogens is 9. The Labute approximate surface area is 421 Å². The summed E-state index contributed by atoms with van der Waals surface area (Å²) in [6.07, 6.45) is -12.1. The van der Waals surface area contributed by atoms with Crippen LogP contribution in [0.3, 0.4) is 0 Å². The van der Waals surface area contributed by atoms with Gasteiger partial charge in [0.15, 0.2) is 17.1 Å². The van der Waals surface area contributed by atoms with Crippen LogP contribution in [0.1, 0.15) is 85.8 Å². The molecule has 0 aliphatic heterocycles. The Hall–Kier alpha value is -7.43. The predicted molar refractivity (Wildman–Crippen MR) is 247 cm³/mol. The van der Waals surface area contributed by atoms with Crippen LogP contribution in [-0.4, -0.2) is 103 Å². The van der Waals surface area contributed by atoms with E-state index in [1.54, 1.807) is 46.2 Å². The second kappa shape index (κ2) is 22.6. The van der Waals surface area contributed by atoms with Crippen LogP contribution in [0, 0.1) is 11.8 Å². The number of aromatic nitrogens is 9. The molecule has 0 spiro atoms. The molecule has 8 rings (SSSR count). The summed E-state index contributed by atoms with van der Waals surface area (Å²) in [5.41, 5.74) is 2.62. The third kappa shape index (κ3) is 15.6. The number of nitrogens with zero attached hydrogens (tertiary/aromatic N) is 10. The van der Waals surface area contributed by atoms with Crippen LogP contribution in [-0.2, 0) is 39.7 Å². The molecule has 2 amide bonds. The van der Waals surface area contributed by atoms with Crippen molar-refractivity contribution in [3.8, 4) is 23.4 Å². The fourth-order valence-electron chi connectivity index (χ4n) is 7.16. The minimum Gasteiger partial charge on any atom is -0.443 e. The zero-order chi connectivity index (χ0) is 54.7. The Morgan fingerprint density at radius 1 is 0.693 bits per heavy atom. The Balaban J connectivity index is 0.000000262. The quantitative estimate of drug-likeness (QED) is 0.0898. The van der Waals surface area contributed by atoms with Crippen molar-refractivity contribution < 1.29 is 83.1 Å². The number of carbonyl (C=O) groups is 3. The van der Waals surface area contributed by atoms with Gasteiger partial charge < -0.3 is 34.9 Å². The number of benzene rings is 1. The summed E-state index contributed by atoms with van der Waals surface area (Å²) in [5.74, 6) is -0.650. The molecule has 2 saturated carbocycles. The van der Waals surface area contributed by atoms with Gasteiger partial charge in [-0.05, 0) is 103 Å². The fraction of sp³-hybridized carbons (Fsp3) is 0.478. The summed E-state index contributed by atoms with van der Waals surface area (Å²) in [6.45, 7) is 10.4. The third-order valence-corrected chi connectivity index (χ3v) is 10.4. The molecule has 5 heterocycles. The number of aliphatic hydroxyl groups is 2. The Kier molecular flexibility index (Phi) is 17.6. The molecule has 1 aromatic carbocycles. The normalized spacial score (nSPS) is 17.7. The number of hydrogen-bond acceptors (Lipinski definition) is 17. The van der Waals surface area contributed by atoms with E-state index in [0.29, 0.717) is 48.2 Å². The molecular formula is C46H52F9N11O9. The highest BCUT2D eigenvalue weighted by Crippen LogP contribution is 2.40. The van der Waals surface area contributed by atoms with E-state index in [2.05, 4.69) is 35.1 Å². The molecule has 0 bridgehead atoms. The third-order valence-electron chi connectivity index (χ3n) is 10.4. The number of fused-ring (bicyclic) bond motifs is 2. The lowest BCUT2D eigenvalue weighted by molar-refractivity contribution is -0.156. The van der Waals surface area contributed by atoms with Gasteiger partial charge in [0.2, 0.25) is 12.2 Å². The van der Waals surface area contributed by atoms with Gasteiger partial charge in [0.05, 0.1) is 23.3 Å². The number of pyridine rings is 1. The monoisotopic (exact) mass is 1070 g/mol. The smallest absolute Gasteiger partial charge is 0.443 e. The van der Waals surface area contributed by atoms with Gasteiger partial charge in [-0.3, -0.25) is 4.79 Å². The van der Waals surface area contributed by atoms with E-state index in [4.69, 9.17) is 29.5 Å². The first-order valence-electron chi connectivity index (χ1n) is 22.2. The van der Waals surface area contributed by atoms with Crippen molar-refractivity contribution in [3.05, 3.63) is 66.4 Å².